The molecule has 0 fully saturated rings. The second-order valence-corrected chi connectivity index (χ2v) is 6.55. The summed E-state index contributed by atoms with van der Waals surface area (Å²) in [5, 5.41) is 18.5. The molecule has 1 heterocycles. The summed E-state index contributed by atoms with van der Waals surface area (Å²) in [5.74, 6) is -0.627. The third kappa shape index (κ3) is 3.60. The Morgan fingerprint density at radius 2 is 1.67 bits per heavy atom. The van der Waals surface area contributed by atoms with E-state index in [1.165, 1.54) is 16.7 Å². The maximum atomic E-state index is 13.2. The fourth-order valence-electron chi connectivity index (χ4n) is 3.10. The molecule has 30 heavy (non-hydrogen) atoms. The van der Waals surface area contributed by atoms with Gasteiger partial charge in [0.2, 0.25) is 0 Å². The quantitative estimate of drug-likeness (QED) is 0.562. The number of carboxylic acids is 1. The van der Waals surface area contributed by atoms with E-state index in [2.05, 4.69) is 11.1 Å². The predicted octanol–water partition coefficient (Wildman–Crippen LogP) is 4.13. The topological polar surface area (TPSA) is 96.0 Å². The van der Waals surface area contributed by atoms with Gasteiger partial charge in [-0.2, -0.15) is 5.26 Å². The van der Waals surface area contributed by atoms with Gasteiger partial charge in [0.05, 0.1) is 33.8 Å². The molecule has 0 amide bonds. The molecule has 0 aliphatic carbocycles. The first-order chi connectivity index (χ1) is 14.6. The molecule has 4 rings (SSSR count). The Bertz CT molecular complexity index is 1380. The number of aromatic carboxylic acids is 1. The SMILES string of the molecule is N#Cc1ccc(/C=C/c2nc3ccccc3c(=O)n2-c2ccc(C(=O)O)cc2)cc1. The van der Waals surface area contributed by atoms with E-state index in [0.29, 0.717) is 28.0 Å². The minimum atomic E-state index is -1.04. The summed E-state index contributed by atoms with van der Waals surface area (Å²) in [5.41, 5.74) is 2.39. The Morgan fingerprint density at radius 1 is 0.967 bits per heavy atom. The molecule has 1 aromatic heterocycles. The van der Waals surface area contributed by atoms with Crippen molar-refractivity contribution in [2.75, 3.05) is 0 Å². The maximum Gasteiger partial charge on any atom is 0.335 e. The van der Waals surface area contributed by atoms with E-state index < -0.39 is 5.97 Å². The smallest absolute Gasteiger partial charge is 0.335 e. The standard InChI is InChI=1S/C24H15N3O3/c25-15-17-7-5-16(6-8-17)9-14-22-26-21-4-2-1-3-20(21)23(28)27(22)19-12-10-18(11-13-19)24(29)30/h1-14H,(H,29,30)/b14-9+. The van der Waals surface area contributed by atoms with E-state index in [9.17, 15) is 9.59 Å². The van der Waals surface area contributed by atoms with E-state index in [1.54, 1.807) is 66.7 Å². The summed E-state index contributed by atoms with van der Waals surface area (Å²) in [7, 11) is 0. The third-order valence-electron chi connectivity index (χ3n) is 4.64. The minimum absolute atomic E-state index is 0.134. The largest absolute Gasteiger partial charge is 0.478 e. The Morgan fingerprint density at radius 3 is 2.33 bits per heavy atom. The highest BCUT2D eigenvalue weighted by atomic mass is 16.4. The molecule has 0 aliphatic heterocycles. The average Bonchev–Trinajstić information content (AvgIpc) is 2.78. The second kappa shape index (κ2) is 7.86. The summed E-state index contributed by atoms with van der Waals surface area (Å²) < 4.78 is 1.45. The molecule has 0 aliphatic rings. The second-order valence-electron chi connectivity index (χ2n) is 6.55. The molecule has 0 spiro atoms. The molecule has 0 saturated carbocycles. The number of benzene rings is 3. The number of para-hydroxylation sites is 1. The van der Waals surface area contributed by atoms with Gasteiger partial charge in [-0.15, -0.1) is 0 Å². The van der Waals surface area contributed by atoms with Crippen LogP contribution in [0.3, 0.4) is 0 Å². The lowest BCUT2D eigenvalue weighted by Gasteiger charge is -2.11. The first-order valence-corrected chi connectivity index (χ1v) is 9.10. The molecular weight excluding hydrogens is 378 g/mol. The summed E-state index contributed by atoms with van der Waals surface area (Å²) in [4.78, 5) is 29.0. The lowest BCUT2D eigenvalue weighted by molar-refractivity contribution is 0.0697. The van der Waals surface area contributed by atoms with Gasteiger partial charge in [-0.05, 0) is 60.2 Å². The Hall–Kier alpha value is -4.50. The van der Waals surface area contributed by atoms with Crippen LogP contribution in [0.25, 0.3) is 28.7 Å². The van der Waals surface area contributed by atoms with Crippen molar-refractivity contribution in [3.63, 3.8) is 0 Å². The summed E-state index contributed by atoms with van der Waals surface area (Å²) in [6, 6.07) is 22.3. The van der Waals surface area contributed by atoms with Crippen LogP contribution in [0.2, 0.25) is 0 Å². The molecule has 0 unspecified atom stereocenters. The highest BCUT2D eigenvalue weighted by Crippen LogP contribution is 2.16. The van der Waals surface area contributed by atoms with Gasteiger partial charge in [0.15, 0.2) is 0 Å². The number of rotatable bonds is 4. The van der Waals surface area contributed by atoms with Gasteiger partial charge < -0.3 is 5.11 Å². The van der Waals surface area contributed by atoms with Crippen LogP contribution in [0.1, 0.15) is 27.3 Å². The first-order valence-electron chi connectivity index (χ1n) is 9.10. The third-order valence-corrected chi connectivity index (χ3v) is 4.64. The van der Waals surface area contributed by atoms with Crippen molar-refractivity contribution in [3.05, 3.63) is 106 Å². The van der Waals surface area contributed by atoms with Gasteiger partial charge >= 0.3 is 5.97 Å². The fraction of sp³-hybridized carbons (Fsp3) is 0. The molecule has 144 valence electrons. The van der Waals surface area contributed by atoms with Crippen molar-refractivity contribution < 1.29 is 9.90 Å². The van der Waals surface area contributed by atoms with Gasteiger partial charge in [-0.1, -0.05) is 30.3 Å². The first kappa shape index (κ1) is 18.8. The predicted molar refractivity (Wildman–Crippen MR) is 114 cm³/mol. The summed E-state index contributed by atoms with van der Waals surface area (Å²) >= 11 is 0. The molecule has 0 radical (unpaired) electrons. The van der Waals surface area contributed by atoms with Crippen molar-refractivity contribution >= 4 is 29.0 Å². The number of hydrogen-bond acceptors (Lipinski definition) is 4. The Labute approximate surface area is 171 Å². The van der Waals surface area contributed by atoms with E-state index in [-0.39, 0.29) is 11.1 Å². The van der Waals surface area contributed by atoms with Gasteiger partial charge in [0.25, 0.3) is 5.56 Å². The number of nitrogens with zero attached hydrogens (tertiary/aromatic N) is 3. The van der Waals surface area contributed by atoms with Crippen molar-refractivity contribution in [1.29, 1.82) is 5.26 Å². The van der Waals surface area contributed by atoms with Crippen LogP contribution in [-0.2, 0) is 0 Å². The number of hydrogen-bond donors (Lipinski definition) is 1. The zero-order valence-electron chi connectivity index (χ0n) is 15.7. The fourth-order valence-corrected chi connectivity index (χ4v) is 3.10. The zero-order valence-corrected chi connectivity index (χ0v) is 15.7. The molecule has 6 heteroatoms. The van der Waals surface area contributed by atoms with Crippen molar-refractivity contribution in [2.45, 2.75) is 0 Å². The van der Waals surface area contributed by atoms with Crippen LogP contribution in [0.5, 0.6) is 0 Å². The number of nitriles is 1. The van der Waals surface area contributed by atoms with Gasteiger partial charge in [-0.3, -0.25) is 9.36 Å². The molecule has 0 bridgehead atoms. The minimum Gasteiger partial charge on any atom is -0.478 e. The highest BCUT2D eigenvalue weighted by Gasteiger charge is 2.12. The van der Waals surface area contributed by atoms with Gasteiger partial charge in [0.1, 0.15) is 5.82 Å². The number of carboxylic acid groups (broad SMARTS) is 1. The molecule has 1 N–H and O–H groups in total. The normalized spacial score (nSPS) is 10.9. The number of fused-ring (bicyclic) bond motifs is 1. The number of aromatic nitrogens is 2. The van der Waals surface area contributed by atoms with Crippen LogP contribution in [0.4, 0.5) is 0 Å². The zero-order chi connectivity index (χ0) is 21.1. The Kier molecular flexibility index (Phi) is 4.93. The molecular formula is C24H15N3O3. The van der Waals surface area contributed by atoms with E-state index in [0.717, 1.165) is 5.56 Å². The van der Waals surface area contributed by atoms with Gasteiger partial charge in [-0.25, -0.2) is 9.78 Å². The Balaban J connectivity index is 1.87. The lowest BCUT2D eigenvalue weighted by Crippen LogP contribution is -2.22. The highest BCUT2D eigenvalue weighted by molar-refractivity contribution is 5.88. The van der Waals surface area contributed by atoms with Crippen LogP contribution in [0, 0.1) is 11.3 Å². The van der Waals surface area contributed by atoms with E-state index >= 15 is 0 Å². The molecule has 4 aromatic rings. The van der Waals surface area contributed by atoms with Crippen LogP contribution >= 0.6 is 0 Å². The average molecular weight is 393 g/mol. The summed E-state index contributed by atoms with van der Waals surface area (Å²) in [6.45, 7) is 0. The van der Waals surface area contributed by atoms with Crippen molar-refractivity contribution in [2.24, 2.45) is 0 Å². The van der Waals surface area contributed by atoms with Crippen LogP contribution in [-0.4, -0.2) is 20.6 Å². The lowest BCUT2D eigenvalue weighted by atomic mass is 10.1. The van der Waals surface area contributed by atoms with Crippen LogP contribution < -0.4 is 5.56 Å². The van der Waals surface area contributed by atoms with Crippen molar-refractivity contribution in [1.82, 2.24) is 9.55 Å². The van der Waals surface area contributed by atoms with E-state index in [1.807, 2.05) is 6.07 Å². The van der Waals surface area contributed by atoms with Crippen LogP contribution in [0.15, 0.2) is 77.6 Å². The molecule has 6 nitrogen and oxygen atoms in total. The van der Waals surface area contributed by atoms with E-state index in [4.69, 9.17) is 10.4 Å². The van der Waals surface area contributed by atoms with Crippen molar-refractivity contribution in [3.8, 4) is 11.8 Å². The maximum absolute atomic E-state index is 13.2. The summed E-state index contributed by atoms with van der Waals surface area (Å²) in [6.07, 6.45) is 3.53. The molecule has 3 aromatic carbocycles. The molecule has 0 atom stereocenters. The molecule has 0 saturated heterocycles. The monoisotopic (exact) mass is 393 g/mol. The number of carbonyl (C=O) groups is 1. The van der Waals surface area contributed by atoms with Gasteiger partial charge in [0, 0.05) is 0 Å².